The molecule has 0 aliphatic heterocycles. The topological polar surface area (TPSA) is 37.0 Å². The van der Waals surface area contributed by atoms with Gasteiger partial charge in [-0.1, -0.05) is 12.1 Å². The number of thiocarbonyl (C=S) groups is 1. The average molecular weight is 285 g/mol. The molecule has 2 N–H and O–H groups in total. The average Bonchev–Trinajstić information content (AvgIpc) is 2.45. The smallest absolute Gasteiger partial charge is 0.171 e. The molecule has 104 valence electrons. The molecule has 1 atom stereocenters. The van der Waals surface area contributed by atoms with Crippen LogP contribution in [-0.2, 0) is 0 Å². The Morgan fingerprint density at radius 2 is 1.85 bits per heavy atom. The molecule has 4 heteroatoms. The number of nitrogens with zero attached hydrogens (tertiary/aromatic N) is 1. The summed E-state index contributed by atoms with van der Waals surface area (Å²) in [4.78, 5) is 4.02. The number of anilines is 1. The third-order valence-corrected chi connectivity index (χ3v) is 3.63. The first-order chi connectivity index (χ1) is 9.58. The molecule has 0 aliphatic carbocycles. The Kier molecular flexibility index (Phi) is 4.69. The number of benzene rings is 1. The van der Waals surface area contributed by atoms with Crippen LogP contribution in [0.4, 0.5) is 5.69 Å². The van der Waals surface area contributed by atoms with E-state index in [1.807, 2.05) is 24.3 Å². The molecular formula is C16H19N3S. The molecule has 1 heterocycles. The lowest BCUT2D eigenvalue weighted by Crippen LogP contribution is -2.31. The summed E-state index contributed by atoms with van der Waals surface area (Å²) >= 11 is 5.38. The lowest BCUT2D eigenvalue weighted by atomic mass is 10.1. The molecular weight excluding hydrogens is 266 g/mol. The van der Waals surface area contributed by atoms with Crippen LogP contribution in [0.2, 0.25) is 0 Å². The van der Waals surface area contributed by atoms with Crippen LogP contribution in [0.25, 0.3) is 0 Å². The summed E-state index contributed by atoms with van der Waals surface area (Å²) in [6, 6.07) is 10.3. The highest BCUT2D eigenvalue weighted by Gasteiger charge is 2.08. The molecule has 0 aliphatic rings. The van der Waals surface area contributed by atoms with Gasteiger partial charge in [-0.3, -0.25) is 4.98 Å². The molecule has 0 saturated carbocycles. The predicted octanol–water partition coefficient (Wildman–Crippen LogP) is 3.75. The Morgan fingerprint density at radius 3 is 2.55 bits per heavy atom. The standard InChI is InChI=1S/C16H19N3S/c1-11-5-4-6-15(12(11)2)19-16(20)18-13(3)14-7-9-17-10-8-14/h4-10,13H,1-3H3,(H2,18,19,20)/t13-/m1/s1. The van der Waals surface area contributed by atoms with Gasteiger partial charge in [0.1, 0.15) is 0 Å². The van der Waals surface area contributed by atoms with Crippen LogP contribution in [0.3, 0.4) is 0 Å². The molecule has 1 aromatic heterocycles. The largest absolute Gasteiger partial charge is 0.356 e. The lowest BCUT2D eigenvalue weighted by molar-refractivity contribution is 0.721. The summed E-state index contributed by atoms with van der Waals surface area (Å²) in [5, 5.41) is 7.17. The van der Waals surface area contributed by atoms with Crippen molar-refractivity contribution in [3.8, 4) is 0 Å². The number of aryl methyl sites for hydroxylation is 1. The van der Waals surface area contributed by atoms with E-state index in [4.69, 9.17) is 12.2 Å². The SMILES string of the molecule is Cc1cccc(NC(=S)N[C@H](C)c2ccncc2)c1C. The molecule has 0 bridgehead atoms. The number of hydrogen-bond acceptors (Lipinski definition) is 2. The number of aromatic nitrogens is 1. The van der Waals surface area contributed by atoms with E-state index in [2.05, 4.69) is 42.5 Å². The van der Waals surface area contributed by atoms with E-state index in [1.54, 1.807) is 12.4 Å². The summed E-state index contributed by atoms with van der Waals surface area (Å²) in [6.45, 7) is 6.26. The highest BCUT2D eigenvalue weighted by atomic mass is 32.1. The fourth-order valence-corrected chi connectivity index (χ4v) is 2.26. The Hall–Kier alpha value is -1.94. The minimum Gasteiger partial charge on any atom is -0.356 e. The number of pyridine rings is 1. The first-order valence-electron chi connectivity index (χ1n) is 6.61. The Morgan fingerprint density at radius 1 is 1.15 bits per heavy atom. The zero-order valence-corrected chi connectivity index (χ0v) is 12.8. The summed E-state index contributed by atoms with van der Waals surface area (Å²) in [6.07, 6.45) is 3.57. The van der Waals surface area contributed by atoms with Crippen molar-refractivity contribution in [1.29, 1.82) is 0 Å². The quantitative estimate of drug-likeness (QED) is 0.842. The van der Waals surface area contributed by atoms with Crippen LogP contribution in [0.1, 0.15) is 29.7 Å². The number of hydrogen-bond donors (Lipinski definition) is 2. The van der Waals surface area contributed by atoms with Crippen molar-refractivity contribution in [3.63, 3.8) is 0 Å². The zero-order chi connectivity index (χ0) is 14.5. The lowest BCUT2D eigenvalue weighted by Gasteiger charge is -2.18. The van der Waals surface area contributed by atoms with Gasteiger partial charge >= 0.3 is 0 Å². The van der Waals surface area contributed by atoms with Crippen molar-refractivity contribution in [1.82, 2.24) is 10.3 Å². The van der Waals surface area contributed by atoms with Gasteiger partial charge in [0.15, 0.2) is 5.11 Å². The van der Waals surface area contributed by atoms with Crippen LogP contribution < -0.4 is 10.6 Å². The van der Waals surface area contributed by atoms with Crippen LogP contribution in [0, 0.1) is 13.8 Å². The van der Waals surface area contributed by atoms with Gasteiger partial charge in [-0.15, -0.1) is 0 Å². The number of rotatable bonds is 3. The van der Waals surface area contributed by atoms with Crippen molar-refractivity contribution in [2.24, 2.45) is 0 Å². The normalized spacial score (nSPS) is 11.8. The second-order valence-corrected chi connectivity index (χ2v) is 5.26. The summed E-state index contributed by atoms with van der Waals surface area (Å²) in [7, 11) is 0. The maximum Gasteiger partial charge on any atom is 0.171 e. The number of nitrogens with one attached hydrogen (secondary N) is 2. The molecule has 0 spiro atoms. The molecule has 1 aromatic carbocycles. The monoisotopic (exact) mass is 285 g/mol. The van der Waals surface area contributed by atoms with E-state index in [1.165, 1.54) is 11.1 Å². The predicted molar refractivity (Wildman–Crippen MR) is 87.9 cm³/mol. The van der Waals surface area contributed by atoms with Crippen molar-refractivity contribution in [2.45, 2.75) is 26.8 Å². The van der Waals surface area contributed by atoms with Gasteiger partial charge in [0.25, 0.3) is 0 Å². The third kappa shape index (κ3) is 3.54. The maximum atomic E-state index is 5.38. The van der Waals surface area contributed by atoms with Crippen LogP contribution in [0.15, 0.2) is 42.7 Å². The van der Waals surface area contributed by atoms with Crippen molar-refractivity contribution in [3.05, 3.63) is 59.4 Å². The summed E-state index contributed by atoms with van der Waals surface area (Å²) < 4.78 is 0. The van der Waals surface area contributed by atoms with Gasteiger partial charge in [-0.2, -0.15) is 0 Å². The molecule has 0 fully saturated rings. The minimum atomic E-state index is 0.142. The van der Waals surface area contributed by atoms with Crippen LogP contribution in [-0.4, -0.2) is 10.1 Å². The van der Waals surface area contributed by atoms with Gasteiger partial charge in [-0.05, 0) is 67.9 Å². The van der Waals surface area contributed by atoms with Crippen molar-refractivity contribution in [2.75, 3.05) is 5.32 Å². The van der Waals surface area contributed by atoms with Crippen LogP contribution in [0.5, 0.6) is 0 Å². The van der Waals surface area contributed by atoms with Gasteiger partial charge in [0, 0.05) is 18.1 Å². The van der Waals surface area contributed by atoms with E-state index < -0.39 is 0 Å². The highest BCUT2D eigenvalue weighted by Crippen LogP contribution is 2.18. The first-order valence-corrected chi connectivity index (χ1v) is 7.02. The highest BCUT2D eigenvalue weighted by molar-refractivity contribution is 7.80. The Bertz CT molecular complexity index is 596. The molecule has 0 amide bonds. The van der Waals surface area contributed by atoms with E-state index in [-0.39, 0.29) is 6.04 Å². The van der Waals surface area contributed by atoms with Gasteiger partial charge in [-0.25, -0.2) is 0 Å². The molecule has 2 aromatic rings. The minimum absolute atomic E-state index is 0.142. The van der Waals surface area contributed by atoms with Crippen LogP contribution >= 0.6 is 12.2 Å². The molecule has 2 rings (SSSR count). The fraction of sp³-hybridized carbons (Fsp3) is 0.250. The fourth-order valence-electron chi connectivity index (χ4n) is 1.98. The van der Waals surface area contributed by atoms with E-state index in [0.717, 1.165) is 11.3 Å². The Labute approximate surface area is 125 Å². The second kappa shape index (κ2) is 6.48. The summed E-state index contributed by atoms with van der Waals surface area (Å²) in [5.41, 5.74) is 4.67. The third-order valence-electron chi connectivity index (χ3n) is 3.41. The molecule has 0 radical (unpaired) electrons. The Balaban J connectivity index is 2.01. The van der Waals surface area contributed by atoms with Crippen molar-refractivity contribution < 1.29 is 0 Å². The molecule has 20 heavy (non-hydrogen) atoms. The first kappa shape index (κ1) is 14.5. The van der Waals surface area contributed by atoms with Gasteiger partial charge in [0.2, 0.25) is 0 Å². The van der Waals surface area contributed by atoms with E-state index in [9.17, 15) is 0 Å². The van der Waals surface area contributed by atoms with Gasteiger partial charge in [0.05, 0.1) is 6.04 Å². The maximum absolute atomic E-state index is 5.38. The molecule has 0 saturated heterocycles. The zero-order valence-electron chi connectivity index (χ0n) is 12.0. The van der Waals surface area contributed by atoms with E-state index in [0.29, 0.717) is 5.11 Å². The molecule has 3 nitrogen and oxygen atoms in total. The second-order valence-electron chi connectivity index (χ2n) is 4.85. The summed E-state index contributed by atoms with van der Waals surface area (Å²) in [5.74, 6) is 0. The van der Waals surface area contributed by atoms with Crippen molar-refractivity contribution >= 4 is 23.0 Å². The molecule has 0 unspecified atom stereocenters. The van der Waals surface area contributed by atoms with E-state index >= 15 is 0 Å². The van der Waals surface area contributed by atoms with Gasteiger partial charge < -0.3 is 10.6 Å².